The van der Waals surface area contributed by atoms with E-state index in [1.807, 2.05) is 26.8 Å². The highest BCUT2D eigenvalue weighted by Crippen LogP contribution is 2.26. The summed E-state index contributed by atoms with van der Waals surface area (Å²) in [7, 11) is -0.960. The Morgan fingerprint density at radius 1 is 1.35 bits per heavy atom. The van der Waals surface area contributed by atoms with Gasteiger partial charge in [-0.1, -0.05) is 32.9 Å². The highest BCUT2D eigenvalue weighted by Gasteiger charge is 2.18. The lowest BCUT2D eigenvalue weighted by atomic mass is 9.86. The molecular formula is C13H20FNOS. The summed E-state index contributed by atoms with van der Waals surface area (Å²) in [6, 6.07) is 4.96. The summed E-state index contributed by atoms with van der Waals surface area (Å²) in [5.74, 6) is 0.730. The quantitative estimate of drug-likeness (QED) is 0.899. The van der Waals surface area contributed by atoms with Crippen LogP contribution in [0.1, 0.15) is 31.9 Å². The fraction of sp³-hybridized carbons (Fsp3) is 0.538. The van der Waals surface area contributed by atoms with Gasteiger partial charge in [-0.15, -0.1) is 0 Å². The van der Waals surface area contributed by atoms with E-state index in [2.05, 4.69) is 0 Å². The molecule has 0 fully saturated rings. The summed E-state index contributed by atoms with van der Waals surface area (Å²) >= 11 is 0. The Bertz CT molecular complexity index is 412. The van der Waals surface area contributed by atoms with Gasteiger partial charge in [0.1, 0.15) is 5.82 Å². The standard InChI is InChI=1S/C13H20FNOS/c1-13(2,3)11-8-10(4-5-12(11)14)9-17(16)7-6-15/h4-5,8H,6-7,9,15H2,1-3H3. The third kappa shape index (κ3) is 4.21. The second-order valence-electron chi connectivity index (χ2n) is 5.14. The SMILES string of the molecule is CC(C)(C)c1cc(CS(=O)CCN)ccc1F. The Labute approximate surface area is 105 Å². The molecule has 0 aromatic heterocycles. The van der Waals surface area contributed by atoms with E-state index in [0.29, 0.717) is 23.6 Å². The van der Waals surface area contributed by atoms with E-state index in [-0.39, 0.29) is 11.2 Å². The highest BCUT2D eigenvalue weighted by atomic mass is 32.2. The monoisotopic (exact) mass is 257 g/mol. The molecule has 0 spiro atoms. The zero-order valence-electron chi connectivity index (χ0n) is 10.6. The van der Waals surface area contributed by atoms with Crippen LogP contribution in [0, 0.1) is 5.82 Å². The van der Waals surface area contributed by atoms with Crippen molar-refractivity contribution in [2.24, 2.45) is 5.73 Å². The van der Waals surface area contributed by atoms with Gasteiger partial charge in [0.05, 0.1) is 0 Å². The maximum atomic E-state index is 13.7. The Morgan fingerprint density at radius 3 is 2.53 bits per heavy atom. The summed E-state index contributed by atoms with van der Waals surface area (Å²) in [5.41, 5.74) is 6.68. The van der Waals surface area contributed by atoms with E-state index in [1.165, 1.54) is 6.07 Å². The summed E-state index contributed by atoms with van der Waals surface area (Å²) in [6.07, 6.45) is 0. The van der Waals surface area contributed by atoms with Gasteiger partial charge in [0.2, 0.25) is 0 Å². The van der Waals surface area contributed by atoms with Crippen molar-refractivity contribution in [3.05, 3.63) is 35.1 Å². The normalized spacial score (nSPS) is 13.7. The molecule has 96 valence electrons. The third-order valence-corrected chi connectivity index (χ3v) is 3.86. The molecule has 1 aromatic rings. The molecule has 17 heavy (non-hydrogen) atoms. The maximum absolute atomic E-state index is 13.7. The minimum absolute atomic E-state index is 0.203. The minimum Gasteiger partial charge on any atom is -0.330 e. The van der Waals surface area contributed by atoms with Crippen LogP contribution in [-0.4, -0.2) is 16.5 Å². The zero-order valence-corrected chi connectivity index (χ0v) is 11.4. The average Bonchev–Trinajstić information content (AvgIpc) is 2.19. The molecule has 0 radical (unpaired) electrons. The fourth-order valence-corrected chi connectivity index (χ4v) is 2.59. The van der Waals surface area contributed by atoms with Crippen LogP contribution in [-0.2, 0) is 22.0 Å². The molecule has 4 heteroatoms. The Kier molecular flexibility index (Phi) is 4.83. The van der Waals surface area contributed by atoms with Crippen molar-refractivity contribution in [1.82, 2.24) is 0 Å². The molecular weight excluding hydrogens is 237 g/mol. The van der Waals surface area contributed by atoms with Crippen molar-refractivity contribution in [2.45, 2.75) is 31.9 Å². The van der Waals surface area contributed by atoms with E-state index in [0.717, 1.165) is 5.56 Å². The Balaban J connectivity index is 2.93. The first-order chi connectivity index (χ1) is 7.84. The van der Waals surface area contributed by atoms with Crippen LogP contribution in [0.3, 0.4) is 0 Å². The molecule has 1 unspecified atom stereocenters. The summed E-state index contributed by atoms with van der Waals surface area (Å²) in [4.78, 5) is 0. The number of nitrogens with two attached hydrogens (primary N) is 1. The second-order valence-corrected chi connectivity index (χ2v) is 6.72. The number of hydrogen-bond acceptors (Lipinski definition) is 2. The van der Waals surface area contributed by atoms with Crippen LogP contribution in [0.5, 0.6) is 0 Å². The van der Waals surface area contributed by atoms with E-state index < -0.39 is 10.8 Å². The molecule has 2 nitrogen and oxygen atoms in total. The Hall–Kier alpha value is -0.740. The number of benzene rings is 1. The fourth-order valence-electron chi connectivity index (χ4n) is 1.63. The van der Waals surface area contributed by atoms with Crippen LogP contribution >= 0.6 is 0 Å². The number of halogens is 1. The Morgan fingerprint density at radius 2 is 2.00 bits per heavy atom. The van der Waals surface area contributed by atoms with Crippen LogP contribution in [0.25, 0.3) is 0 Å². The van der Waals surface area contributed by atoms with Gasteiger partial charge in [-0.2, -0.15) is 0 Å². The van der Waals surface area contributed by atoms with Crippen molar-refractivity contribution in [1.29, 1.82) is 0 Å². The lowest BCUT2D eigenvalue weighted by Gasteiger charge is -2.20. The molecule has 0 aliphatic carbocycles. The van der Waals surface area contributed by atoms with Crippen molar-refractivity contribution >= 4 is 10.8 Å². The van der Waals surface area contributed by atoms with Gasteiger partial charge >= 0.3 is 0 Å². The molecule has 0 bridgehead atoms. The van der Waals surface area contributed by atoms with E-state index in [1.54, 1.807) is 6.07 Å². The van der Waals surface area contributed by atoms with E-state index in [4.69, 9.17) is 5.73 Å². The molecule has 0 aliphatic rings. The largest absolute Gasteiger partial charge is 0.330 e. The molecule has 1 atom stereocenters. The van der Waals surface area contributed by atoms with Crippen molar-refractivity contribution < 1.29 is 8.60 Å². The molecule has 1 rings (SSSR count). The van der Waals surface area contributed by atoms with Gasteiger partial charge in [0.15, 0.2) is 0 Å². The van der Waals surface area contributed by atoms with Gasteiger partial charge < -0.3 is 5.73 Å². The van der Waals surface area contributed by atoms with Crippen molar-refractivity contribution in [2.75, 3.05) is 12.3 Å². The lowest BCUT2D eigenvalue weighted by molar-refractivity contribution is 0.522. The average molecular weight is 257 g/mol. The molecule has 0 saturated heterocycles. The molecule has 1 aromatic carbocycles. The van der Waals surface area contributed by atoms with Gasteiger partial charge in [-0.05, 0) is 22.6 Å². The second kappa shape index (κ2) is 5.74. The van der Waals surface area contributed by atoms with Crippen LogP contribution in [0.4, 0.5) is 4.39 Å². The van der Waals surface area contributed by atoms with Gasteiger partial charge in [0, 0.05) is 28.9 Å². The van der Waals surface area contributed by atoms with Crippen LogP contribution < -0.4 is 5.73 Å². The first kappa shape index (κ1) is 14.3. The third-order valence-electron chi connectivity index (χ3n) is 2.51. The number of rotatable bonds is 4. The molecule has 0 amide bonds. The van der Waals surface area contributed by atoms with E-state index >= 15 is 0 Å². The molecule has 2 N–H and O–H groups in total. The van der Waals surface area contributed by atoms with Crippen LogP contribution in [0.2, 0.25) is 0 Å². The van der Waals surface area contributed by atoms with Crippen molar-refractivity contribution in [3.63, 3.8) is 0 Å². The van der Waals surface area contributed by atoms with Crippen LogP contribution in [0.15, 0.2) is 18.2 Å². The highest BCUT2D eigenvalue weighted by molar-refractivity contribution is 7.84. The summed E-state index contributed by atoms with van der Waals surface area (Å²) in [6.45, 7) is 6.31. The van der Waals surface area contributed by atoms with Gasteiger partial charge in [-0.25, -0.2) is 4.39 Å². The smallest absolute Gasteiger partial charge is 0.126 e. The predicted molar refractivity (Wildman–Crippen MR) is 70.9 cm³/mol. The molecule has 0 heterocycles. The van der Waals surface area contributed by atoms with Gasteiger partial charge in [-0.3, -0.25) is 4.21 Å². The lowest BCUT2D eigenvalue weighted by Crippen LogP contribution is -2.15. The number of hydrogen-bond donors (Lipinski definition) is 1. The predicted octanol–water partition coefficient (Wildman–Crippen LogP) is 2.33. The first-order valence-corrected chi connectivity index (χ1v) is 7.17. The molecule has 0 saturated carbocycles. The van der Waals surface area contributed by atoms with Gasteiger partial charge in [0.25, 0.3) is 0 Å². The minimum atomic E-state index is -0.960. The first-order valence-electron chi connectivity index (χ1n) is 5.68. The van der Waals surface area contributed by atoms with Crippen molar-refractivity contribution in [3.8, 4) is 0 Å². The molecule has 0 aliphatic heterocycles. The zero-order chi connectivity index (χ0) is 13.1. The van der Waals surface area contributed by atoms with E-state index in [9.17, 15) is 8.60 Å². The topological polar surface area (TPSA) is 43.1 Å². The maximum Gasteiger partial charge on any atom is 0.126 e. The summed E-state index contributed by atoms with van der Waals surface area (Å²) < 4.78 is 25.3. The summed E-state index contributed by atoms with van der Waals surface area (Å²) in [5, 5.41) is 0.